The Kier molecular flexibility index (Phi) is 4.88. The van der Waals surface area contributed by atoms with Crippen molar-refractivity contribution in [1.82, 2.24) is 0 Å². The molecule has 0 amide bonds. The third-order valence-electron chi connectivity index (χ3n) is 4.20. The highest BCUT2D eigenvalue weighted by Gasteiger charge is 2.37. The number of carbonyl (C=O) groups is 1. The summed E-state index contributed by atoms with van der Waals surface area (Å²) in [6.07, 6.45) is 0. The van der Waals surface area contributed by atoms with Gasteiger partial charge in [0, 0.05) is 0 Å². The number of cyclic esters (lactones) is 1. The number of esters is 1. The summed E-state index contributed by atoms with van der Waals surface area (Å²) in [4.78, 5) is 12.3. The molecule has 9 heteroatoms. The molecule has 0 radical (unpaired) electrons. The van der Waals surface area contributed by atoms with Crippen LogP contribution in [0.1, 0.15) is 21.5 Å². The molecule has 3 rings (SSSR count). The Morgan fingerprint density at radius 2 is 1.56 bits per heavy atom. The number of rotatable bonds is 6. The zero-order valence-electron chi connectivity index (χ0n) is 15.3. The van der Waals surface area contributed by atoms with Crippen molar-refractivity contribution in [3.05, 3.63) is 41.0 Å². The molecular formula is C18H19NO7S. The van der Waals surface area contributed by atoms with Gasteiger partial charge in [-0.3, -0.25) is 4.72 Å². The molecule has 1 aliphatic rings. The molecule has 1 aliphatic heterocycles. The predicted octanol–water partition coefficient (Wildman–Crippen LogP) is 2.49. The van der Waals surface area contributed by atoms with Crippen molar-refractivity contribution in [2.45, 2.75) is 18.4 Å². The van der Waals surface area contributed by atoms with Gasteiger partial charge >= 0.3 is 5.97 Å². The second kappa shape index (κ2) is 6.99. The van der Waals surface area contributed by atoms with E-state index in [4.69, 9.17) is 18.9 Å². The normalized spacial score (nSPS) is 13.0. The molecule has 0 saturated heterocycles. The van der Waals surface area contributed by atoms with Gasteiger partial charge in [0.05, 0.1) is 37.4 Å². The van der Waals surface area contributed by atoms with Crippen LogP contribution in [0.15, 0.2) is 29.2 Å². The maximum atomic E-state index is 12.9. The number of anilines is 1. The van der Waals surface area contributed by atoms with Gasteiger partial charge in [-0.2, -0.15) is 0 Å². The quantitative estimate of drug-likeness (QED) is 0.753. The van der Waals surface area contributed by atoms with Crippen molar-refractivity contribution in [2.24, 2.45) is 0 Å². The Hall–Kier alpha value is -2.94. The summed E-state index contributed by atoms with van der Waals surface area (Å²) in [5.74, 6) is -0.222. The van der Waals surface area contributed by atoms with E-state index in [9.17, 15) is 13.2 Å². The van der Waals surface area contributed by atoms with E-state index < -0.39 is 16.0 Å². The smallest absolute Gasteiger partial charge is 0.341 e. The van der Waals surface area contributed by atoms with E-state index in [0.29, 0.717) is 5.56 Å². The van der Waals surface area contributed by atoms with Crippen LogP contribution in [0.2, 0.25) is 0 Å². The van der Waals surface area contributed by atoms with Gasteiger partial charge in [0.1, 0.15) is 12.3 Å². The Labute approximate surface area is 157 Å². The number of benzene rings is 2. The van der Waals surface area contributed by atoms with Crippen LogP contribution in [0.25, 0.3) is 0 Å². The fourth-order valence-corrected chi connectivity index (χ4v) is 3.98. The first kappa shape index (κ1) is 18.8. The standard InChI is InChI=1S/C18H19NO7S/c1-10-5-7-11(8-6-10)27(21,22)19-14-13-12(9-26-18(13)20)15(23-2)17(25-4)16(14)24-3/h5-8,19H,9H2,1-4H3. The monoisotopic (exact) mass is 393 g/mol. The zero-order valence-corrected chi connectivity index (χ0v) is 16.1. The largest absolute Gasteiger partial charge is 0.492 e. The summed E-state index contributed by atoms with van der Waals surface area (Å²) in [6.45, 7) is 1.79. The van der Waals surface area contributed by atoms with E-state index in [0.717, 1.165) is 5.56 Å². The average molecular weight is 393 g/mol. The van der Waals surface area contributed by atoms with Crippen LogP contribution >= 0.6 is 0 Å². The average Bonchev–Trinajstić information content (AvgIpc) is 3.03. The molecule has 0 aromatic heterocycles. The van der Waals surface area contributed by atoms with Gasteiger partial charge in [0.25, 0.3) is 10.0 Å². The molecule has 0 atom stereocenters. The third kappa shape index (κ3) is 3.14. The third-order valence-corrected chi connectivity index (χ3v) is 5.56. The molecule has 0 spiro atoms. The molecule has 0 bridgehead atoms. The van der Waals surface area contributed by atoms with Crippen molar-refractivity contribution in [1.29, 1.82) is 0 Å². The lowest BCUT2D eigenvalue weighted by molar-refractivity contribution is 0.0535. The topological polar surface area (TPSA) is 100 Å². The first-order valence-corrected chi connectivity index (χ1v) is 9.43. The van der Waals surface area contributed by atoms with Crippen molar-refractivity contribution >= 4 is 21.7 Å². The van der Waals surface area contributed by atoms with Crippen LogP contribution < -0.4 is 18.9 Å². The minimum atomic E-state index is -3.99. The van der Waals surface area contributed by atoms with Gasteiger partial charge in [-0.15, -0.1) is 0 Å². The van der Waals surface area contributed by atoms with Gasteiger partial charge < -0.3 is 18.9 Å². The number of carbonyl (C=O) groups excluding carboxylic acids is 1. The molecular weight excluding hydrogens is 374 g/mol. The van der Waals surface area contributed by atoms with Crippen LogP contribution in [0, 0.1) is 6.92 Å². The number of ether oxygens (including phenoxy) is 4. The lowest BCUT2D eigenvalue weighted by Gasteiger charge is -2.20. The summed E-state index contributed by atoms with van der Waals surface area (Å²) in [5, 5.41) is 0. The summed E-state index contributed by atoms with van der Waals surface area (Å²) in [6, 6.07) is 6.31. The minimum Gasteiger partial charge on any atom is -0.492 e. The van der Waals surface area contributed by atoms with Gasteiger partial charge in [-0.25, -0.2) is 13.2 Å². The van der Waals surface area contributed by atoms with Crippen molar-refractivity contribution in [3.8, 4) is 17.2 Å². The van der Waals surface area contributed by atoms with Crippen LogP contribution in [0.4, 0.5) is 5.69 Å². The molecule has 2 aromatic carbocycles. The lowest BCUT2D eigenvalue weighted by atomic mass is 10.0. The maximum absolute atomic E-state index is 12.9. The van der Waals surface area contributed by atoms with Crippen molar-refractivity contribution in [2.75, 3.05) is 26.1 Å². The Morgan fingerprint density at radius 1 is 0.963 bits per heavy atom. The maximum Gasteiger partial charge on any atom is 0.341 e. The van der Waals surface area contributed by atoms with E-state index >= 15 is 0 Å². The summed E-state index contributed by atoms with van der Waals surface area (Å²) in [5.41, 5.74) is 1.30. The van der Waals surface area contributed by atoms with E-state index in [1.54, 1.807) is 12.1 Å². The predicted molar refractivity (Wildman–Crippen MR) is 97.2 cm³/mol. The van der Waals surface area contributed by atoms with Crippen molar-refractivity contribution in [3.63, 3.8) is 0 Å². The van der Waals surface area contributed by atoms with Gasteiger partial charge in [0.15, 0.2) is 11.5 Å². The first-order chi connectivity index (χ1) is 12.8. The Morgan fingerprint density at radius 3 is 2.11 bits per heavy atom. The molecule has 0 saturated carbocycles. The molecule has 1 N–H and O–H groups in total. The highest BCUT2D eigenvalue weighted by Crippen LogP contribution is 2.51. The summed E-state index contributed by atoms with van der Waals surface area (Å²) < 4.78 is 49.2. The number of nitrogens with one attached hydrogen (secondary N) is 1. The van der Waals surface area contributed by atoms with E-state index in [1.165, 1.54) is 33.5 Å². The van der Waals surface area contributed by atoms with Crippen molar-refractivity contribution < 1.29 is 32.2 Å². The Balaban J connectivity index is 2.22. The number of methoxy groups -OCH3 is 3. The molecule has 8 nitrogen and oxygen atoms in total. The highest BCUT2D eigenvalue weighted by molar-refractivity contribution is 7.92. The number of fused-ring (bicyclic) bond motifs is 1. The van der Waals surface area contributed by atoms with E-state index in [1.807, 2.05) is 6.92 Å². The van der Waals surface area contributed by atoms with Crippen LogP contribution in [0.3, 0.4) is 0 Å². The fraction of sp³-hybridized carbons (Fsp3) is 0.278. The molecule has 1 heterocycles. The van der Waals surface area contributed by atoms with Gasteiger partial charge in [-0.1, -0.05) is 17.7 Å². The van der Waals surface area contributed by atoms with Crippen LogP contribution in [0.5, 0.6) is 17.2 Å². The number of hydrogen-bond donors (Lipinski definition) is 1. The summed E-state index contributed by atoms with van der Waals surface area (Å²) >= 11 is 0. The van der Waals surface area contributed by atoms with E-state index in [2.05, 4.69) is 4.72 Å². The zero-order chi connectivity index (χ0) is 19.8. The van der Waals surface area contributed by atoms with E-state index in [-0.39, 0.29) is 40.0 Å². The molecule has 2 aromatic rings. The van der Waals surface area contributed by atoms with Crippen LogP contribution in [-0.4, -0.2) is 35.7 Å². The lowest BCUT2D eigenvalue weighted by Crippen LogP contribution is -2.17. The molecule has 0 unspecified atom stereocenters. The fourth-order valence-electron chi connectivity index (χ4n) is 2.91. The highest BCUT2D eigenvalue weighted by atomic mass is 32.2. The first-order valence-electron chi connectivity index (χ1n) is 7.95. The second-order valence-corrected chi connectivity index (χ2v) is 7.51. The molecule has 0 fully saturated rings. The minimum absolute atomic E-state index is 0.0302. The SMILES string of the molecule is COc1c2c(c(NS(=O)(=O)c3ccc(C)cc3)c(OC)c1OC)C(=O)OC2. The second-order valence-electron chi connectivity index (χ2n) is 5.82. The van der Waals surface area contributed by atoms with Gasteiger partial charge in [-0.05, 0) is 19.1 Å². The molecule has 27 heavy (non-hydrogen) atoms. The number of aryl methyl sites for hydroxylation is 1. The number of hydrogen-bond acceptors (Lipinski definition) is 7. The molecule has 144 valence electrons. The Bertz CT molecular complexity index is 998. The number of sulfonamides is 1. The van der Waals surface area contributed by atoms with Gasteiger partial charge in [0.2, 0.25) is 5.75 Å². The van der Waals surface area contributed by atoms with Crippen LogP contribution in [-0.2, 0) is 21.4 Å². The summed E-state index contributed by atoms with van der Waals surface area (Å²) in [7, 11) is 0.159. The molecule has 0 aliphatic carbocycles.